The number of fused-ring (bicyclic) bond motifs is 8. The van der Waals surface area contributed by atoms with Gasteiger partial charge >= 0.3 is 5.97 Å². The van der Waals surface area contributed by atoms with Crippen molar-refractivity contribution in [1.82, 2.24) is 0 Å². The molecule has 0 spiro atoms. The van der Waals surface area contributed by atoms with Crippen molar-refractivity contribution in [2.45, 2.75) is 19.4 Å². The fourth-order valence-corrected chi connectivity index (χ4v) is 6.77. The normalized spacial score (nSPS) is 30.8. The number of hydrogen-bond acceptors (Lipinski definition) is 6. The van der Waals surface area contributed by atoms with E-state index in [0.717, 1.165) is 17.7 Å². The molecule has 4 aliphatic rings. The van der Waals surface area contributed by atoms with Gasteiger partial charge in [-0.2, -0.15) is 0 Å². The number of rotatable bonds is 4. The van der Waals surface area contributed by atoms with Crippen LogP contribution in [0, 0.1) is 29.6 Å². The molecule has 2 aliphatic carbocycles. The summed E-state index contributed by atoms with van der Waals surface area (Å²) in [6.07, 6.45) is 0.484. The van der Waals surface area contributed by atoms with Crippen molar-refractivity contribution in [3.8, 4) is 0 Å². The molecule has 34 heavy (non-hydrogen) atoms. The Balaban J connectivity index is 1.29. The van der Waals surface area contributed by atoms with Crippen molar-refractivity contribution in [2.24, 2.45) is 34.7 Å². The fourth-order valence-electron chi connectivity index (χ4n) is 6.26. The van der Waals surface area contributed by atoms with E-state index >= 15 is 0 Å². The zero-order valence-electron chi connectivity index (χ0n) is 18.1. The second-order valence-corrected chi connectivity index (χ2v) is 9.93. The molecule has 6 atom stereocenters. The first-order valence-corrected chi connectivity index (χ1v) is 12.0. The summed E-state index contributed by atoms with van der Waals surface area (Å²) < 4.78 is 5.01. The average Bonchev–Trinajstić information content (AvgIpc) is 3.55. The monoisotopic (exact) mass is 498 g/mol. The van der Waals surface area contributed by atoms with Gasteiger partial charge in [-0.3, -0.25) is 14.5 Å². The Morgan fingerprint density at radius 1 is 1.06 bits per heavy atom. The van der Waals surface area contributed by atoms with Gasteiger partial charge in [0.05, 0.1) is 40.4 Å². The van der Waals surface area contributed by atoms with Gasteiger partial charge in [0, 0.05) is 22.4 Å². The number of halogens is 2. The summed E-state index contributed by atoms with van der Waals surface area (Å²) in [6, 6.07) is 11.6. The predicted octanol–water partition coefficient (Wildman–Crippen LogP) is 4.34. The molecule has 9 heteroatoms. The highest BCUT2D eigenvalue weighted by Gasteiger charge is 2.70. The van der Waals surface area contributed by atoms with E-state index in [1.54, 1.807) is 43.3 Å². The molecule has 2 aromatic carbocycles. The number of anilines is 1. The topological polar surface area (TPSA) is 85.3 Å². The Morgan fingerprint density at radius 2 is 1.76 bits per heavy atom. The predicted molar refractivity (Wildman–Crippen MR) is 125 cm³/mol. The Kier molecular flexibility index (Phi) is 4.97. The van der Waals surface area contributed by atoms with Crippen LogP contribution in [0.5, 0.6) is 0 Å². The standard InChI is InChI=1S/C25H20Cl2N2O5/c1-2-33-25(32)11-3-6-13(7-4-11)29-23(30)18-15-10-16(19(18)24(29)31)22-20(15)21(28-34-22)14-8-5-12(26)9-17(14)27/h3-9,15-16,18-20,22H,2,10H2,1H3/t15-,16+,18-,19+,20+,22-/m1/s1. The third-order valence-electron chi connectivity index (χ3n) is 7.53. The third-order valence-corrected chi connectivity index (χ3v) is 8.08. The van der Waals surface area contributed by atoms with Gasteiger partial charge in [-0.15, -0.1) is 0 Å². The Morgan fingerprint density at radius 3 is 2.44 bits per heavy atom. The first-order chi connectivity index (χ1) is 16.4. The number of ether oxygens (including phenoxy) is 1. The number of oxime groups is 1. The van der Waals surface area contributed by atoms with Crippen molar-refractivity contribution >= 4 is 52.4 Å². The number of benzene rings is 2. The van der Waals surface area contributed by atoms with Gasteiger partial charge in [-0.05, 0) is 55.7 Å². The summed E-state index contributed by atoms with van der Waals surface area (Å²) in [7, 11) is 0. The summed E-state index contributed by atoms with van der Waals surface area (Å²) in [5, 5.41) is 5.33. The summed E-state index contributed by atoms with van der Waals surface area (Å²) in [4.78, 5) is 46.0. The van der Waals surface area contributed by atoms with Gasteiger partial charge in [-0.1, -0.05) is 34.4 Å². The number of amides is 2. The molecule has 0 radical (unpaired) electrons. The lowest BCUT2D eigenvalue weighted by Gasteiger charge is -2.30. The number of esters is 1. The largest absolute Gasteiger partial charge is 0.462 e. The molecular weight excluding hydrogens is 479 g/mol. The van der Waals surface area contributed by atoms with Crippen LogP contribution in [-0.2, 0) is 19.2 Å². The van der Waals surface area contributed by atoms with Crippen molar-refractivity contribution in [3.05, 3.63) is 63.6 Å². The molecule has 2 heterocycles. The van der Waals surface area contributed by atoms with Crippen LogP contribution in [0.25, 0.3) is 0 Å². The maximum absolute atomic E-state index is 13.5. The highest BCUT2D eigenvalue weighted by atomic mass is 35.5. The van der Waals surface area contributed by atoms with E-state index in [4.69, 9.17) is 32.8 Å². The van der Waals surface area contributed by atoms with E-state index in [1.807, 2.05) is 6.07 Å². The Hall–Kier alpha value is -2.90. The molecule has 1 saturated heterocycles. The molecule has 0 aromatic heterocycles. The van der Waals surface area contributed by atoms with Crippen molar-refractivity contribution in [2.75, 3.05) is 11.5 Å². The Bertz CT molecular complexity index is 1260. The van der Waals surface area contributed by atoms with Gasteiger partial charge in [0.2, 0.25) is 11.8 Å². The van der Waals surface area contributed by atoms with Gasteiger partial charge in [0.25, 0.3) is 0 Å². The third kappa shape index (κ3) is 2.96. The summed E-state index contributed by atoms with van der Waals surface area (Å²) >= 11 is 12.5. The van der Waals surface area contributed by atoms with Crippen LogP contribution in [0.15, 0.2) is 47.6 Å². The number of imide groups is 1. The summed E-state index contributed by atoms with van der Waals surface area (Å²) in [5.41, 5.74) is 2.28. The van der Waals surface area contributed by atoms with Crippen molar-refractivity contribution in [3.63, 3.8) is 0 Å². The first kappa shape index (κ1) is 21.6. The number of nitrogens with zero attached hydrogens (tertiary/aromatic N) is 2. The van der Waals surface area contributed by atoms with Gasteiger partial charge in [0.15, 0.2) is 0 Å². The number of carbonyl (C=O) groups is 3. The molecule has 2 aromatic rings. The lowest BCUT2D eigenvalue weighted by molar-refractivity contribution is -0.125. The molecule has 2 amide bonds. The zero-order valence-corrected chi connectivity index (χ0v) is 19.6. The maximum Gasteiger partial charge on any atom is 0.338 e. The van der Waals surface area contributed by atoms with E-state index in [9.17, 15) is 14.4 Å². The molecule has 0 unspecified atom stereocenters. The molecule has 174 valence electrons. The fraction of sp³-hybridized carbons (Fsp3) is 0.360. The molecule has 2 bridgehead atoms. The molecule has 2 aliphatic heterocycles. The Labute approximate surface area is 205 Å². The van der Waals surface area contributed by atoms with Crippen molar-refractivity contribution < 1.29 is 24.0 Å². The van der Waals surface area contributed by atoms with Crippen LogP contribution < -0.4 is 4.90 Å². The van der Waals surface area contributed by atoms with Crippen LogP contribution in [0.3, 0.4) is 0 Å². The van der Waals surface area contributed by atoms with E-state index in [2.05, 4.69) is 5.16 Å². The second-order valence-electron chi connectivity index (χ2n) is 9.09. The van der Waals surface area contributed by atoms with Gasteiger partial charge < -0.3 is 9.57 Å². The van der Waals surface area contributed by atoms with E-state index in [0.29, 0.717) is 21.3 Å². The lowest BCUT2D eigenvalue weighted by Crippen LogP contribution is -2.41. The number of carbonyl (C=O) groups excluding carboxylic acids is 3. The smallest absolute Gasteiger partial charge is 0.338 e. The minimum atomic E-state index is -0.444. The minimum absolute atomic E-state index is 0.0618. The highest BCUT2D eigenvalue weighted by molar-refractivity contribution is 6.37. The maximum atomic E-state index is 13.5. The van der Waals surface area contributed by atoms with E-state index in [-0.39, 0.29) is 42.3 Å². The molecule has 7 nitrogen and oxygen atoms in total. The lowest BCUT2D eigenvalue weighted by atomic mass is 9.71. The second kappa shape index (κ2) is 7.82. The molecule has 3 fully saturated rings. The summed E-state index contributed by atoms with van der Waals surface area (Å²) in [5.74, 6) is -1.99. The van der Waals surface area contributed by atoms with E-state index in [1.165, 1.54) is 4.90 Å². The van der Waals surface area contributed by atoms with Crippen LogP contribution >= 0.6 is 23.2 Å². The highest BCUT2D eigenvalue weighted by Crippen LogP contribution is 2.62. The zero-order chi connectivity index (χ0) is 23.7. The summed E-state index contributed by atoms with van der Waals surface area (Å²) in [6.45, 7) is 2.00. The quantitative estimate of drug-likeness (QED) is 0.462. The van der Waals surface area contributed by atoms with Crippen LogP contribution in [0.2, 0.25) is 10.0 Å². The first-order valence-electron chi connectivity index (χ1n) is 11.2. The van der Waals surface area contributed by atoms with Crippen LogP contribution in [-0.4, -0.2) is 36.2 Å². The van der Waals surface area contributed by atoms with Gasteiger partial charge in [0.1, 0.15) is 6.10 Å². The minimum Gasteiger partial charge on any atom is -0.462 e. The average molecular weight is 499 g/mol. The molecule has 6 rings (SSSR count). The van der Waals surface area contributed by atoms with Crippen molar-refractivity contribution in [1.29, 1.82) is 0 Å². The van der Waals surface area contributed by atoms with Crippen LogP contribution in [0.1, 0.15) is 29.3 Å². The number of hydrogen-bond donors (Lipinski definition) is 0. The molecule has 2 saturated carbocycles. The van der Waals surface area contributed by atoms with E-state index < -0.39 is 17.8 Å². The molecular formula is C25H20Cl2N2O5. The van der Waals surface area contributed by atoms with Crippen LogP contribution in [0.4, 0.5) is 5.69 Å². The SMILES string of the molecule is CCOC(=O)c1ccc(N2C(=O)[C@@H]3[C@H]4C[C@H]([C@H]5ON=C(c6ccc(Cl)cc6Cl)[C@H]45)[C@@H]3C2=O)cc1. The van der Waals surface area contributed by atoms with Gasteiger partial charge in [-0.25, -0.2) is 4.79 Å². The molecule has 0 N–H and O–H groups in total.